The van der Waals surface area contributed by atoms with Crippen LogP contribution in [0.2, 0.25) is 0 Å². The molecule has 3 rings (SSSR count). The van der Waals surface area contributed by atoms with Crippen LogP contribution in [0.1, 0.15) is 16.1 Å². The average molecular weight is 388 g/mol. The molecule has 0 aliphatic rings. The number of benzene rings is 2. The molecule has 0 atom stereocenters. The second kappa shape index (κ2) is 7.95. The number of amides is 1. The number of nitrogens with one attached hydrogen (secondary N) is 2. The Labute approximate surface area is 158 Å². The minimum absolute atomic E-state index is 0.0116. The molecule has 1 amide bonds. The van der Waals surface area contributed by atoms with Crippen molar-refractivity contribution >= 4 is 23.1 Å². The summed E-state index contributed by atoms with van der Waals surface area (Å²) in [6, 6.07) is 14.5. The van der Waals surface area contributed by atoms with Crippen molar-refractivity contribution in [1.82, 2.24) is 10.2 Å². The number of para-hydroxylation sites is 1. The topological polar surface area (TPSA) is 76.1 Å². The molecule has 0 unspecified atom stereocenters. The van der Waals surface area contributed by atoms with E-state index in [1.165, 1.54) is 37.4 Å². The van der Waals surface area contributed by atoms with E-state index in [0.717, 1.165) is 6.07 Å². The number of aromatic nitrogens is 2. The van der Waals surface area contributed by atoms with Gasteiger partial charge in [0.05, 0.1) is 18.4 Å². The fourth-order valence-corrected chi connectivity index (χ4v) is 2.39. The van der Waals surface area contributed by atoms with Crippen LogP contribution < -0.4 is 15.4 Å². The predicted octanol–water partition coefficient (Wildman–Crippen LogP) is 4.50. The number of carbonyl (C=O) groups is 1. The van der Waals surface area contributed by atoms with Crippen molar-refractivity contribution < 1.29 is 22.7 Å². The molecule has 0 aliphatic carbocycles. The molecule has 0 aliphatic heterocycles. The summed E-state index contributed by atoms with van der Waals surface area (Å²) in [6.45, 7) is 0. The van der Waals surface area contributed by atoms with Gasteiger partial charge in [0.25, 0.3) is 5.91 Å². The first kappa shape index (κ1) is 19.2. The Balaban J connectivity index is 1.73. The SMILES string of the molecule is COc1cccc(NC(=O)c2ccc(Nc3ccccc3C(F)(F)F)nn2)c1. The summed E-state index contributed by atoms with van der Waals surface area (Å²) >= 11 is 0. The molecule has 0 spiro atoms. The van der Waals surface area contributed by atoms with Crippen LogP contribution in [0.25, 0.3) is 0 Å². The van der Waals surface area contributed by atoms with Crippen LogP contribution in [0, 0.1) is 0 Å². The number of ether oxygens (including phenoxy) is 1. The van der Waals surface area contributed by atoms with Crippen LogP contribution in [0.5, 0.6) is 5.75 Å². The van der Waals surface area contributed by atoms with Gasteiger partial charge in [-0.1, -0.05) is 18.2 Å². The van der Waals surface area contributed by atoms with E-state index in [2.05, 4.69) is 20.8 Å². The van der Waals surface area contributed by atoms with Crippen molar-refractivity contribution in [3.8, 4) is 5.75 Å². The molecule has 1 aromatic heterocycles. The van der Waals surface area contributed by atoms with Gasteiger partial charge < -0.3 is 15.4 Å². The normalized spacial score (nSPS) is 11.0. The minimum Gasteiger partial charge on any atom is -0.497 e. The lowest BCUT2D eigenvalue weighted by Gasteiger charge is -2.13. The Bertz CT molecular complexity index is 975. The Kier molecular flexibility index (Phi) is 5.44. The maximum atomic E-state index is 13.0. The second-order valence-electron chi connectivity index (χ2n) is 5.66. The molecule has 0 bridgehead atoms. The highest BCUT2D eigenvalue weighted by atomic mass is 19.4. The minimum atomic E-state index is -4.51. The number of halogens is 3. The zero-order valence-electron chi connectivity index (χ0n) is 14.6. The number of rotatable bonds is 5. The van der Waals surface area contributed by atoms with Crippen molar-refractivity contribution in [3.63, 3.8) is 0 Å². The summed E-state index contributed by atoms with van der Waals surface area (Å²) in [6.07, 6.45) is -4.51. The smallest absolute Gasteiger partial charge is 0.418 e. The van der Waals surface area contributed by atoms with Gasteiger partial charge in [0.15, 0.2) is 11.5 Å². The first-order chi connectivity index (χ1) is 13.4. The summed E-state index contributed by atoms with van der Waals surface area (Å²) in [7, 11) is 1.51. The van der Waals surface area contributed by atoms with Gasteiger partial charge in [-0.25, -0.2) is 0 Å². The Morgan fingerprint density at radius 2 is 1.79 bits per heavy atom. The van der Waals surface area contributed by atoms with Crippen molar-refractivity contribution in [3.05, 3.63) is 71.9 Å². The highest BCUT2D eigenvalue weighted by Gasteiger charge is 2.33. The van der Waals surface area contributed by atoms with Crippen LogP contribution in [0.4, 0.5) is 30.4 Å². The van der Waals surface area contributed by atoms with Gasteiger partial charge in [-0.15, -0.1) is 10.2 Å². The lowest BCUT2D eigenvalue weighted by atomic mass is 10.1. The molecule has 2 aromatic carbocycles. The standard InChI is InChI=1S/C19H15F3N4O2/c1-28-13-6-4-5-12(11-13)23-18(27)16-9-10-17(26-25-16)24-15-8-3-2-7-14(15)19(20,21)22/h2-11H,1H3,(H,23,27)(H,24,26). The highest BCUT2D eigenvalue weighted by Crippen LogP contribution is 2.35. The van der Waals surface area contributed by atoms with Gasteiger partial charge in [0.1, 0.15) is 5.75 Å². The van der Waals surface area contributed by atoms with E-state index in [9.17, 15) is 18.0 Å². The predicted molar refractivity (Wildman–Crippen MR) is 97.7 cm³/mol. The molecule has 0 fully saturated rings. The fraction of sp³-hybridized carbons (Fsp3) is 0.105. The third-order valence-corrected chi connectivity index (χ3v) is 3.72. The second-order valence-corrected chi connectivity index (χ2v) is 5.66. The summed E-state index contributed by atoms with van der Waals surface area (Å²) in [4.78, 5) is 12.2. The molecular formula is C19H15F3N4O2. The first-order valence-electron chi connectivity index (χ1n) is 8.09. The molecule has 28 heavy (non-hydrogen) atoms. The van der Waals surface area contributed by atoms with E-state index >= 15 is 0 Å². The van der Waals surface area contributed by atoms with Crippen LogP contribution in [-0.4, -0.2) is 23.2 Å². The Morgan fingerprint density at radius 1 is 1.00 bits per heavy atom. The fourth-order valence-electron chi connectivity index (χ4n) is 2.39. The van der Waals surface area contributed by atoms with E-state index in [4.69, 9.17) is 4.74 Å². The number of anilines is 3. The van der Waals surface area contributed by atoms with Gasteiger partial charge in [-0.2, -0.15) is 13.2 Å². The Hall–Kier alpha value is -3.62. The molecule has 3 aromatic rings. The molecule has 2 N–H and O–H groups in total. The number of hydrogen-bond donors (Lipinski definition) is 2. The molecule has 1 heterocycles. The zero-order valence-corrected chi connectivity index (χ0v) is 14.6. The summed E-state index contributed by atoms with van der Waals surface area (Å²) in [5.74, 6) is 0.143. The first-order valence-corrected chi connectivity index (χ1v) is 8.09. The molecular weight excluding hydrogens is 373 g/mol. The van der Waals surface area contributed by atoms with Crippen molar-refractivity contribution in [1.29, 1.82) is 0 Å². The van der Waals surface area contributed by atoms with Crippen LogP contribution in [0.3, 0.4) is 0 Å². The van der Waals surface area contributed by atoms with Crippen molar-refractivity contribution in [2.75, 3.05) is 17.7 Å². The van der Waals surface area contributed by atoms with Gasteiger partial charge in [0.2, 0.25) is 0 Å². The number of alkyl halides is 3. The van der Waals surface area contributed by atoms with Gasteiger partial charge >= 0.3 is 6.18 Å². The largest absolute Gasteiger partial charge is 0.497 e. The summed E-state index contributed by atoms with van der Waals surface area (Å²) < 4.78 is 44.2. The van der Waals surface area contributed by atoms with E-state index in [0.29, 0.717) is 11.4 Å². The lowest BCUT2D eigenvalue weighted by molar-refractivity contribution is -0.136. The Morgan fingerprint density at radius 3 is 2.46 bits per heavy atom. The van der Waals surface area contributed by atoms with Gasteiger partial charge in [0, 0.05) is 11.8 Å². The van der Waals surface area contributed by atoms with Crippen LogP contribution in [-0.2, 0) is 6.18 Å². The third kappa shape index (κ3) is 4.56. The number of nitrogens with zero attached hydrogens (tertiary/aromatic N) is 2. The van der Waals surface area contributed by atoms with E-state index in [1.807, 2.05) is 0 Å². The zero-order chi connectivity index (χ0) is 20.1. The number of carbonyl (C=O) groups excluding carboxylic acids is 1. The van der Waals surface area contributed by atoms with Crippen LogP contribution in [0.15, 0.2) is 60.7 Å². The maximum Gasteiger partial charge on any atom is 0.418 e. The maximum absolute atomic E-state index is 13.0. The van der Waals surface area contributed by atoms with E-state index < -0.39 is 17.6 Å². The number of methoxy groups -OCH3 is 1. The number of hydrogen-bond acceptors (Lipinski definition) is 5. The molecule has 0 saturated carbocycles. The summed E-state index contributed by atoms with van der Waals surface area (Å²) in [5, 5.41) is 12.8. The van der Waals surface area contributed by atoms with Crippen molar-refractivity contribution in [2.45, 2.75) is 6.18 Å². The molecule has 0 saturated heterocycles. The third-order valence-electron chi connectivity index (χ3n) is 3.72. The van der Waals surface area contributed by atoms with Gasteiger partial charge in [-0.3, -0.25) is 4.79 Å². The van der Waals surface area contributed by atoms with E-state index in [1.54, 1.807) is 24.3 Å². The molecule has 0 radical (unpaired) electrons. The van der Waals surface area contributed by atoms with Gasteiger partial charge in [-0.05, 0) is 36.4 Å². The molecule has 9 heteroatoms. The van der Waals surface area contributed by atoms with E-state index in [-0.39, 0.29) is 17.2 Å². The van der Waals surface area contributed by atoms with Crippen LogP contribution >= 0.6 is 0 Å². The lowest BCUT2D eigenvalue weighted by Crippen LogP contribution is -2.15. The quantitative estimate of drug-likeness (QED) is 0.673. The molecule has 6 nitrogen and oxygen atoms in total. The highest BCUT2D eigenvalue weighted by molar-refractivity contribution is 6.02. The average Bonchev–Trinajstić information content (AvgIpc) is 2.68. The monoisotopic (exact) mass is 388 g/mol. The van der Waals surface area contributed by atoms with Crippen molar-refractivity contribution in [2.24, 2.45) is 0 Å². The summed E-state index contributed by atoms with van der Waals surface area (Å²) in [5.41, 5.74) is -0.459. The molecule has 144 valence electrons.